The van der Waals surface area contributed by atoms with Crippen molar-refractivity contribution in [3.8, 4) is 0 Å². The minimum atomic E-state index is 0.676. The molecule has 0 amide bonds. The molecule has 2 atom stereocenters. The molecule has 0 aromatic heterocycles. The molecule has 1 heteroatoms. The lowest BCUT2D eigenvalue weighted by Gasteiger charge is -1.72. The molecule has 1 nitrogen and oxygen atoms in total. The van der Waals surface area contributed by atoms with Gasteiger partial charge < -0.3 is 0 Å². The molecule has 1 aliphatic carbocycles. The van der Waals surface area contributed by atoms with E-state index in [1.165, 1.54) is 0 Å². The van der Waals surface area contributed by atoms with Gasteiger partial charge in [-0.3, -0.25) is 0 Å². The molecule has 0 aromatic rings. The van der Waals surface area contributed by atoms with Crippen molar-refractivity contribution in [1.82, 2.24) is 5.32 Å². The van der Waals surface area contributed by atoms with Gasteiger partial charge in [-0.05, 0) is 12.2 Å². The zero-order valence-corrected chi connectivity index (χ0v) is 2.76. The molecule has 0 spiro atoms. The molecular formula is C4H4N+. The summed E-state index contributed by atoms with van der Waals surface area (Å²) in [5, 5.41) is 4.06. The van der Waals surface area contributed by atoms with Crippen molar-refractivity contribution in [2.24, 2.45) is 0 Å². The maximum atomic E-state index is 4.06. The van der Waals surface area contributed by atoms with Gasteiger partial charge in [-0.15, -0.1) is 0 Å². The number of fused-ring (bicyclic) bond motifs is 1. The lowest BCUT2D eigenvalue weighted by atomic mass is 10.1. The Morgan fingerprint density at radius 2 is 1.80 bits per heavy atom. The molecule has 0 saturated carbocycles. The molecule has 1 aliphatic heterocycles. The van der Waals surface area contributed by atoms with E-state index in [4.69, 9.17) is 0 Å². The number of nitrogens with zero attached hydrogens (tertiary/aromatic N) is 1. The van der Waals surface area contributed by atoms with Crippen LogP contribution < -0.4 is 5.32 Å². The highest BCUT2D eigenvalue weighted by Gasteiger charge is 2.60. The first-order valence-corrected chi connectivity index (χ1v) is 1.85. The summed E-state index contributed by atoms with van der Waals surface area (Å²) in [6.45, 7) is 0. The average molecular weight is 66.1 g/mol. The molecule has 2 aliphatic rings. The third-order valence-electron chi connectivity index (χ3n) is 1.11. The molecular weight excluding hydrogens is 62.1 g/mol. The lowest BCUT2D eigenvalue weighted by Crippen LogP contribution is -1.93. The molecule has 2 rings (SSSR count). The Labute approximate surface area is 30.7 Å². The van der Waals surface area contributed by atoms with Crippen molar-refractivity contribution in [3.63, 3.8) is 0 Å². The van der Waals surface area contributed by atoms with Crippen molar-refractivity contribution in [2.45, 2.75) is 12.1 Å². The predicted octanol–water partition coefficient (Wildman–Crippen LogP) is -0.0886. The fraction of sp³-hybridized carbons (Fsp3) is 0.500. The Morgan fingerprint density at radius 3 is 1.80 bits per heavy atom. The smallest absolute Gasteiger partial charge is 0.00653 e. The Morgan fingerprint density at radius 1 is 1.20 bits per heavy atom. The van der Waals surface area contributed by atoms with Crippen LogP contribution in [0.25, 0.3) is 0 Å². The van der Waals surface area contributed by atoms with E-state index in [2.05, 4.69) is 17.5 Å². The van der Waals surface area contributed by atoms with Gasteiger partial charge in [0.05, 0.1) is 5.32 Å². The molecule has 0 bridgehead atoms. The van der Waals surface area contributed by atoms with Crippen LogP contribution in [0.2, 0.25) is 0 Å². The van der Waals surface area contributed by atoms with Crippen molar-refractivity contribution < 1.29 is 0 Å². The van der Waals surface area contributed by atoms with Crippen molar-refractivity contribution in [3.05, 3.63) is 12.2 Å². The number of hydrogen-bond acceptors (Lipinski definition) is 0. The van der Waals surface area contributed by atoms with Crippen LogP contribution in [-0.4, -0.2) is 12.1 Å². The quantitative estimate of drug-likeness (QED) is 0.277. The van der Waals surface area contributed by atoms with Crippen molar-refractivity contribution in [1.29, 1.82) is 0 Å². The SMILES string of the molecule is C1=CC2[N+]C12. The summed E-state index contributed by atoms with van der Waals surface area (Å²) in [5.41, 5.74) is 0. The van der Waals surface area contributed by atoms with Crippen molar-refractivity contribution >= 4 is 0 Å². The van der Waals surface area contributed by atoms with Gasteiger partial charge in [0.25, 0.3) is 12.1 Å². The minimum absolute atomic E-state index is 0.676. The van der Waals surface area contributed by atoms with Gasteiger partial charge in [0.1, 0.15) is 0 Å². The van der Waals surface area contributed by atoms with Crippen LogP contribution in [0, 0.1) is 0 Å². The zero-order chi connectivity index (χ0) is 3.28. The molecule has 5 heavy (non-hydrogen) atoms. The van der Waals surface area contributed by atoms with E-state index in [1.807, 2.05) is 0 Å². The topological polar surface area (TPSA) is 14.1 Å². The van der Waals surface area contributed by atoms with Crippen LogP contribution in [0.15, 0.2) is 12.2 Å². The van der Waals surface area contributed by atoms with Gasteiger partial charge >= 0.3 is 0 Å². The van der Waals surface area contributed by atoms with E-state index in [0.717, 1.165) is 0 Å². The fourth-order valence-electron chi connectivity index (χ4n) is 0.558. The zero-order valence-electron chi connectivity index (χ0n) is 2.76. The van der Waals surface area contributed by atoms with Gasteiger partial charge in [-0.2, -0.15) is 0 Å². The Balaban J connectivity index is 2.46. The van der Waals surface area contributed by atoms with E-state index in [0.29, 0.717) is 12.1 Å². The van der Waals surface area contributed by atoms with Crippen LogP contribution >= 0.6 is 0 Å². The normalized spacial score (nSPS) is 54.4. The van der Waals surface area contributed by atoms with Gasteiger partial charge in [0, 0.05) is 0 Å². The lowest BCUT2D eigenvalue weighted by molar-refractivity contribution is 1.13. The molecule has 0 aromatic carbocycles. The number of hydrogen-bond donors (Lipinski definition) is 0. The fourth-order valence-corrected chi connectivity index (χ4v) is 0.558. The first-order valence-electron chi connectivity index (χ1n) is 1.85. The van der Waals surface area contributed by atoms with E-state index in [1.54, 1.807) is 0 Å². The summed E-state index contributed by atoms with van der Waals surface area (Å²) in [5.74, 6) is 0. The van der Waals surface area contributed by atoms with Crippen molar-refractivity contribution in [2.75, 3.05) is 0 Å². The summed E-state index contributed by atoms with van der Waals surface area (Å²) in [4.78, 5) is 0. The molecule has 1 fully saturated rings. The summed E-state index contributed by atoms with van der Waals surface area (Å²) < 4.78 is 0. The summed E-state index contributed by atoms with van der Waals surface area (Å²) in [7, 11) is 0. The minimum Gasteiger partial charge on any atom is -0.00653 e. The van der Waals surface area contributed by atoms with Gasteiger partial charge in [0.15, 0.2) is 0 Å². The van der Waals surface area contributed by atoms with Crippen LogP contribution in [0.5, 0.6) is 0 Å². The van der Waals surface area contributed by atoms with E-state index in [9.17, 15) is 0 Å². The molecule has 0 N–H and O–H groups in total. The third kappa shape index (κ3) is 0.0934. The summed E-state index contributed by atoms with van der Waals surface area (Å²) in [6.07, 6.45) is 4.26. The maximum absolute atomic E-state index is 4.06. The molecule has 1 saturated heterocycles. The maximum Gasteiger partial charge on any atom is 0.278 e. The average Bonchev–Trinajstić information content (AvgIpc) is 1.74. The van der Waals surface area contributed by atoms with E-state index < -0.39 is 0 Å². The van der Waals surface area contributed by atoms with Gasteiger partial charge in [-0.1, -0.05) is 0 Å². The third-order valence-corrected chi connectivity index (χ3v) is 1.11. The van der Waals surface area contributed by atoms with Crippen LogP contribution in [0.3, 0.4) is 0 Å². The van der Waals surface area contributed by atoms with Crippen LogP contribution in [0.1, 0.15) is 0 Å². The molecule has 24 valence electrons. The number of rotatable bonds is 0. The first-order chi connectivity index (χ1) is 2.47. The Hall–Kier alpha value is -0.300. The summed E-state index contributed by atoms with van der Waals surface area (Å²) in [6, 6.07) is 1.35. The monoisotopic (exact) mass is 66.0 g/mol. The van der Waals surface area contributed by atoms with Crippen LogP contribution in [-0.2, 0) is 0 Å². The van der Waals surface area contributed by atoms with Crippen LogP contribution in [0.4, 0.5) is 0 Å². The van der Waals surface area contributed by atoms with Gasteiger partial charge in [0.2, 0.25) is 0 Å². The van der Waals surface area contributed by atoms with E-state index in [-0.39, 0.29) is 0 Å². The molecule has 2 radical (unpaired) electrons. The predicted molar refractivity (Wildman–Crippen MR) is 18.8 cm³/mol. The first kappa shape index (κ1) is 1.98. The Kier molecular flexibility index (Phi) is 0.141. The highest BCUT2D eigenvalue weighted by Crippen LogP contribution is 2.25. The van der Waals surface area contributed by atoms with Gasteiger partial charge in [-0.25, -0.2) is 0 Å². The highest BCUT2D eigenvalue weighted by atomic mass is 15.2. The molecule has 1 heterocycles. The summed E-state index contributed by atoms with van der Waals surface area (Å²) >= 11 is 0. The second-order valence-electron chi connectivity index (χ2n) is 1.52. The second-order valence-corrected chi connectivity index (χ2v) is 1.52. The Bertz CT molecular complexity index is 75.6. The second kappa shape index (κ2) is 0.356. The molecule has 2 unspecified atom stereocenters. The highest BCUT2D eigenvalue weighted by molar-refractivity contribution is 5.30. The standard InChI is InChI=1S/C4H4N/c1-2-4-3(1)5-4/h1-4H/q+1. The largest absolute Gasteiger partial charge is 0.278 e. The van der Waals surface area contributed by atoms with E-state index >= 15 is 0 Å².